The van der Waals surface area contributed by atoms with E-state index in [2.05, 4.69) is 4.74 Å². The van der Waals surface area contributed by atoms with E-state index in [1.807, 2.05) is 0 Å². The summed E-state index contributed by atoms with van der Waals surface area (Å²) in [7, 11) is 0. The first-order valence-corrected chi connectivity index (χ1v) is 2.43. The molecule has 0 unspecified atom stereocenters. The number of hydrogen-bond acceptors (Lipinski definition) is 2. The molecule has 2 nitrogen and oxygen atoms in total. The molecule has 40 valence electrons. The van der Waals surface area contributed by atoms with E-state index in [-0.39, 0.29) is 6.61 Å². The van der Waals surface area contributed by atoms with Gasteiger partial charge in [-0.05, 0) is 0 Å². The normalized spacial score (nSPS) is 8.29. The number of nitriles is 1. The van der Waals surface area contributed by atoms with Gasteiger partial charge in [-0.25, -0.2) is 0 Å². The summed E-state index contributed by atoms with van der Waals surface area (Å²) in [6.45, 7) is 0.0691. The molecule has 0 spiro atoms. The van der Waals surface area contributed by atoms with E-state index in [1.54, 1.807) is 0 Å². The monoisotopic (exact) mass is 139 g/mol. The molecule has 4 heteroatoms. The average molecular weight is 140 g/mol. The topological polar surface area (TPSA) is 33.0 Å². The Kier molecular flexibility index (Phi) is 3.97. The van der Waals surface area contributed by atoms with Crippen molar-refractivity contribution in [2.45, 2.75) is 4.84 Å². The molecule has 0 heterocycles. The van der Waals surface area contributed by atoms with Crippen LogP contribution in [0.3, 0.4) is 0 Å². The fourth-order valence-corrected chi connectivity index (χ4v) is 0.226. The van der Waals surface area contributed by atoms with E-state index in [0.717, 1.165) is 0 Å². The Hall–Kier alpha value is -0.130. The van der Waals surface area contributed by atoms with E-state index >= 15 is 0 Å². The maximum atomic E-state index is 7.73. The van der Waals surface area contributed by atoms with Gasteiger partial charge in [-0.2, -0.15) is 5.26 Å². The van der Waals surface area contributed by atoms with Crippen molar-refractivity contribution in [3.05, 3.63) is 0 Å². The quantitative estimate of drug-likeness (QED) is 0.427. The van der Waals surface area contributed by atoms with E-state index in [1.165, 1.54) is 6.26 Å². The number of rotatable bonds is 2. The van der Waals surface area contributed by atoms with E-state index in [0.29, 0.717) is 0 Å². The molecule has 0 aliphatic rings. The minimum absolute atomic E-state index is 0.0691. The van der Waals surface area contributed by atoms with E-state index < -0.39 is 4.84 Å². The fraction of sp³-hybridized carbons (Fsp3) is 0.667. The minimum atomic E-state index is -0.598. The summed E-state index contributed by atoms with van der Waals surface area (Å²) in [4.78, 5) is -0.598. The third-order valence-electron chi connectivity index (χ3n) is 0.274. The minimum Gasteiger partial charge on any atom is -0.425 e. The van der Waals surface area contributed by atoms with Crippen LogP contribution < -0.4 is 0 Å². The molecule has 0 amide bonds. The Labute approximate surface area is 51.6 Å². The largest absolute Gasteiger partial charge is 0.425 e. The zero-order valence-electron chi connectivity index (χ0n) is 3.40. The lowest BCUT2D eigenvalue weighted by Crippen LogP contribution is -1.96. The Balaban J connectivity index is 2.86. The fourth-order valence-electron chi connectivity index (χ4n) is 0.100. The summed E-state index contributed by atoms with van der Waals surface area (Å²) < 4.78 is 4.14. The Bertz CT molecular complexity index is 77.5. The molecule has 0 aliphatic heterocycles. The van der Waals surface area contributed by atoms with Crippen molar-refractivity contribution >= 4 is 23.2 Å². The molecule has 0 aromatic carbocycles. The van der Waals surface area contributed by atoms with E-state index in [9.17, 15) is 0 Å². The van der Waals surface area contributed by atoms with Gasteiger partial charge in [0.2, 0.25) is 0 Å². The highest BCUT2D eigenvalue weighted by atomic mass is 35.5. The number of halogens is 2. The SMILES string of the molecule is N#COCC(Cl)Cl. The molecule has 0 N–H and O–H groups in total. The second kappa shape index (κ2) is 4.04. The third kappa shape index (κ3) is 5.87. The van der Waals surface area contributed by atoms with Gasteiger partial charge in [0, 0.05) is 0 Å². The van der Waals surface area contributed by atoms with Crippen molar-refractivity contribution in [2.75, 3.05) is 6.61 Å². The zero-order chi connectivity index (χ0) is 5.70. The van der Waals surface area contributed by atoms with Crippen LogP contribution >= 0.6 is 23.2 Å². The van der Waals surface area contributed by atoms with Gasteiger partial charge < -0.3 is 4.74 Å². The van der Waals surface area contributed by atoms with Crippen LogP contribution in [0.1, 0.15) is 0 Å². The Morgan fingerprint density at radius 1 is 1.71 bits per heavy atom. The van der Waals surface area contributed by atoms with Gasteiger partial charge in [-0.3, -0.25) is 0 Å². The number of hydrogen-bond donors (Lipinski definition) is 0. The van der Waals surface area contributed by atoms with Crippen molar-refractivity contribution in [3.63, 3.8) is 0 Å². The molecule has 0 saturated carbocycles. The molecule has 0 bridgehead atoms. The van der Waals surface area contributed by atoms with Crippen LogP contribution in [-0.4, -0.2) is 11.4 Å². The van der Waals surface area contributed by atoms with Gasteiger partial charge in [0.05, 0.1) is 0 Å². The van der Waals surface area contributed by atoms with Gasteiger partial charge >= 0.3 is 0 Å². The van der Waals surface area contributed by atoms with Gasteiger partial charge in [-0.15, -0.1) is 23.2 Å². The standard InChI is InChI=1S/C3H3Cl2NO/c4-3(5)1-7-2-6/h3H,1H2. The summed E-state index contributed by atoms with van der Waals surface area (Å²) in [5.41, 5.74) is 0. The Morgan fingerprint density at radius 2 is 2.29 bits per heavy atom. The van der Waals surface area contributed by atoms with Gasteiger partial charge in [0.15, 0.2) is 0 Å². The molecular weight excluding hydrogens is 137 g/mol. The predicted octanol–water partition coefficient (Wildman–Crippen LogP) is 1.29. The van der Waals surface area contributed by atoms with Crippen LogP contribution in [0.4, 0.5) is 0 Å². The summed E-state index contributed by atoms with van der Waals surface area (Å²) in [6, 6.07) is 0. The highest BCUT2D eigenvalue weighted by Gasteiger charge is 1.94. The summed E-state index contributed by atoms with van der Waals surface area (Å²) >= 11 is 10.3. The molecule has 0 aromatic rings. The molecule has 0 aromatic heterocycles. The van der Waals surface area contributed by atoms with Crippen molar-refractivity contribution in [3.8, 4) is 6.26 Å². The maximum Gasteiger partial charge on any atom is 0.286 e. The van der Waals surface area contributed by atoms with Crippen molar-refractivity contribution < 1.29 is 4.74 Å². The summed E-state index contributed by atoms with van der Waals surface area (Å²) in [5, 5.41) is 7.73. The van der Waals surface area contributed by atoms with Crippen molar-refractivity contribution in [1.82, 2.24) is 0 Å². The lowest BCUT2D eigenvalue weighted by Gasteiger charge is -1.92. The van der Waals surface area contributed by atoms with Crippen LogP contribution in [0.15, 0.2) is 0 Å². The van der Waals surface area contributed by atoms with E-state index in [4.69, 9.17) is 28.5 Å². The second-order valence-electron chi connectivity index (χ2n) is 0.793. The summed E-state index contributed by atoms with van der Waals surface area (Å²) in [6.07, 6.45) is 1.43. The average Bonchev–Trinajstić information content (AvgIpc) is 1.61. The molecule has 7 heavy (non-hydrogen) atoms. The predicted molar refractivity (Wildman–Crippen MR) is 27.1 cm³/mol. The smallest absolute Gasteiger partial charge is 0.286 e. The zero-order valence-corrected chi connectivity index (χ0v) is 4.91. The van der Waals surface area contributed by atoms with Crippen LogP contribution in [0.25, 0.3) is 0 Å². The first-order chi connectivity index (χ1) is 3.27. The first-order valence-electron chi connectivity index (χ1n) is 1.56. The number of nitrogens with zero attached hydrogens (tertiary/aromatic N) is 1. The molecular formula is C3H3Cl2NO. The van der Waals surface area contributed by atoms with Crippen LogP contribution in [0.5, 0.6) is 0 Å². The summed E-state index contributed by atoms with van der Waals surface area (Å²) in [5.74, 6) is 0. The van der Waals surface area contributed by atoms with Crippen LogP contribution in [0.2, 0.25) is 0 Å². The van der Waals surface area contributed by atoms with Crippen LogP contribution in [0, 0.1) is 11.5 Å². The highest BCUT2D eigenvalue weighted by Crippen LogP contribution is 1.99. The Morgan fingerprint density at radius 3 is 2.43 bits per heavy atom. The maximum absolute atomic E-state index is 7.73. The molecule has 0 aliphatic carbocycles. The number of ether oxygens (including phenoxy) is 1. The highest BCUT2D eigenvalue weighted by molar-refractivity contribution is 6.44. The third-order valence-corrected chi connectivity index (χ3v) is 0.526. The molecule has 0 saturated heterocycles. The molecule has 0 fully saturated rings. The first kappa shape index (κ1) is 6.87. The molecule has 0 rings (SSSR count). The second-order valence-corrected chi connectivity index (χ2v) is 2.07. The molecule has 0 atom stereocenters. The van der Waals surface area contributed by atoms with Gasteiger partial charge in [0.25, 0.3) is 6.26 Å². The van der Waals surface area contributed by atoms with Gasteiger partial charge in [-0.1, -0.05) is 0 Å². The van der Waals surface area contributed by atoms with Crippen LogP contribution in [-0.2, 0) is 4.74 Å². The molecule has 0 radical (unpaired) electrons. The van der Waals surface area contributed by atoms with Gasteiger partial charge in [0.1, 0.15) is 11.4 Å². The lowest BCUT2D eigenvalue weighted by molar-refractivity contribution is 0.286. The van der Waals surface area contributed by atoms with Crippen molar-refractivity contribution in [1.29, 1.82) is 5.26 Å². The van der Waals surface area contributed by atoms with Crippen molar-refractivity contribution in [2.24, 2.45) is 0 Å². The lowest BCUT2D eigenvalue weighted by atomic mass is 10.8. The number of alkyl halides is 2.